The number of hydrogen-bond acceptors (Lipinski definition) is 3. The third-order valence-electron chi connectivity index (χ3n) is 5.15. The van der Waals surface area contributed by atoms with Crippen molar-refractivity contribution < 1.29 is 14.3 Å². The number of benzene rings is 1. The summed E-state index contributed by atoms with van der Waals surface area (Å²) in [6.07, 6.45) is 5.24. The maximum Gasteiger partial charge on any atom is 0.411 e. The molecule has 1 saturated heterocycles. The molecule has 0 aromatic heterocycles. The number of carbonyl (C=O) groups is 1. The van der Waals surface area contributed by atoms with E-state index in [-0.39, 0.29) is 18.2 Å². The lowest BCUT2D eigenvalue weighted by molar-refractivity contribution is -0.0384. The Hall–Kier alpha value is -1.81. The summed E-state index contributed by atoms with van der Waals surface area (Å²) in [7, 11) is 0. The van der Waals surface area contributed by atoms with Gasteiger partial charge in [-0.3, -0.25) is 4.90 Å². The first kappa shape index (κ1) is 17.0. The summed E-state index contributed by atoms with van der Waals surface area (Å²) in [5.74, 6) is 0.621. The summed E-state index contributed by atoms with van der Waals surface area (Å²) in [6, 6.07) is 9.93. The van der Waals surface area contributed by atoms with E-state index in [0.29, 0.717) is 25.7 Å². The van der Waals surface area contributed by atoms with Crippen molar-refractivity contribution >= 4 is 6.09 Å². The highest BCUT2D eigenvalue weighted by Gasteiger charge is 2.39. The van der Waals surface area contributed by atoms with Crippen molar-refractivity contribution in [3.05, 3.63) is 47.5 Å². The average molecular weight is 329 g/mol. The molecule has 2 aliphatic heterocycles. The number of amides is 1. The second kappa shape index (κ2) is 7.84. The van der Waals surface area contributed by atoms with Crippen LogP contribution in [-0.2, 0) is 16.1 Å². The standard InChI is InChI=1S/C20H27NO3/c1-3-16(4-2)17-10-18-13-23-14-19(11-17)21(18)20(22)24-12-15-8-6-5-7-9-15/h5-10,16,18-19H,3-4,11-14H2,1-2H3. The van der Waals surface area contributed by atoms with Gasteiger partial charge in [0.1, 0.15) is 6.61 Å². The van der Waals surface area contributed by atoms with E-state index in [0.717, 1.165) is 24.8 Å². The predicted molar refractivity (Wildman–Crippen MR) is 93.6 cm³/mol. The van der Waals surface area contributed by atoms with Crippen LogP contribution in [0.5, 0.6) is 0 Å². The fraction of sp³-hybridized carbons (Fsp3) is 0.550. The number of hydrogen-bond donors (Lipinski definition) is 0. The van der Waals surface area contributed by atoms with Crippen molar-refractivity contribution in [1.82, 2.24) is 4.90 Å². The largest absolute Gasteiger partial charge is 0.445 e. The molecule has 1 aromatic carbocycles. The molecule has 2 aliphatic rings. The van der Waals surface area contributed by atoms with Crippen molar-refractivity contribution in [2.24, 2.45) is 5.92 Å². The van der Waals surface area contributed by atoms with Crippen molar-refractivity contribution in [3.63, 3.8) is 0 Å². The van der Waals surface area contributed by atoms with Crippen molar-refractivity contribution in [1.29, 1.82) is 0 Å². The molecule has 0 saturated carbocycles. The first-order chi connectivity index (χ1) is 11.7. The molecule has 2 heterocycles. The maximum atomic E-state index is 12.6. The summed E-state index contributed by atoms with van der Waals surface area (Å²) in [5, 5.41) is 0. The van der Waals surface area contributed by atoms with Gasteiger partial charge >= 0.3 is 6.09 Å². The molecule has 0 N–H and O–H groups in total. The Morgan fingerprint density at radius 2 is 2.00 bits per heavy atom. The number of rotatable bonds is 5. The highest BCUT2D eigenvalue weighted by Crippen LogP contribution is 2.33. The minimum Gasteiger partial charge on any atom is -0.445 e. The Kier molecular flexibility index (Phi) is 5.56. The fourth-order valence-electron chi connectivity index (χ4n) is 3.82. The molecule has 24 heavy (non-hydrogen) atoms. The monoisotopic (exact) mass is 329 g/mol. The highest BCUT2D eigenvalue weighted by molar-refractivity contribution is 5.69. The van der Waals surface area contributed by atoms with Gasteiger partial charge in [-0.1, -0.05) is 55.8 Å². The second-order valence-corrected chi connectivity index (χ2v) is 6.67. The van der Waals surface area contributed by atoms with Crippen LogP contribution >= 0.6 is 0 Å². The Bertz CT molecular complexity index is 580. The average Bonchev–Trinajstić information content (AvgIpc) is 2.61. The highest BCUT2D eigenvalue weighted by atomic mass is 16.6. The third-order valence-corrected chi connectivity index (χ3v) is 5.15. The first-order valence-electron chi connectivity index (χ1n) is 9.00. The van der Waals surface area contributed by atoms with Crippen molar-refractivity contribution in [2.75, 3.05) is 13.2 Å². The summed E-state index contributed by atoms with van der Waals surface area (Å²) < 4.78 is 11.2. The smallest absolute Gasteiger partial charge is 0.411 e. The van der Waals surface area contributed by atoms with Gasteiger partial charge in [0, 0.05) is 0 Å². The minimum atomic E-state index is -0.225. The molecule has 0 spiro atoms. The molecular formula is C20H27NO3. The van der Waals surface area contributed by atoms with Gasteiger partial charge in [0.15, 0.2) is 0 Å². The van der Waals surface area contributed by atoms with Gasteiger partial charge in [0.2, 0.25) is 0 Å². The van der Waals surface area contributed by atoms with Gasteiger partial charge in [-0.15, -0.1) is 0 Å². The van der Waals surface area contributed by atoms with Crippen LogP contribution in [0.4, 0.5) is 4.79 Å². The van der Waals surface area contributed by atoms with Crippen molar-refractivity contribution in [3.8, 4) is 0 Å². The molecule has 2 atom stereocenters. The van der Waals surface area contributed by atoms with E-state index >= 15 is 0 Å². The Morgan fingerprint density at radius 1 is 1.25 bits per heavy atom. The van der Waals surface area contributed by atoms with E-state index in [4.69, 9.17) is 9.47 Å². The molecule has 0 aliphatic carbocycles. The lowest BCUT2D eigenvalue weighted by Gasteiger charge is -2.44. The number of carbonyl (C=O) groups excluding carboxylic acids is 1. The zero-order valence-corrected chi connectivity index (χ0v) is 14.6. The van der Waals surface area contributed by atoms with Gasteiger partial charge in [-0.2, -0.15) is 0 Å². The molecule has 3 rings (SSSR count). The Morgan fingerprint density at radius 3 is 2.67 bits per heavy atom. The van der Waals surface area contributed by atoms with E-state index in [1.165, 1.54) is 5.57 Å². The van der Waals surface area contributed by atoms with Crippen LogP contribution in [-0.4, -0.2) is 36.3 Å². The van der Waals surface area contributed by atoms with Gasteiger partial charge in [-0.25, -0.2) is 4.79 Å². The van der Waals surface area contributed by atoms with Crippen molar-refractivity contribution in [2.45, 2.75) is 51.8 Å². The first-order valence-corrected chi connectivity index (χ1v) is 9.00. The molecule has 2 unspecified atom stereocenters. The Balaban J connectivity index is 1.68. The molecular weight excluding hydrogens is 302 g/mol. The summed E-state index contributed by atoms with van der Waals surface area (Å²) in [4.78, 5) is 14.5. The molecule has 0 radical (unpaired) electrons. The molecule has 1 fully saturated rings. The molecule has 4 nitrogen and oxygen atoms in total. The van der Waals surface area contributed by atoms with Crippen LogP contribution in [0.1, 0.15) is 38.7 Å². The van der Waals surface area contributed by atoms with Crippen LogP contribution in [0.2, 0.25) is 0 Å². The summed E-state index contributed by atoms with van der Waals surface area (Å²) >= 11 is 0. The topological polar surface area (TPSA) is 38.8 Å². The quantitative estimate of drug-likeness (QED) is 0.762. The van der Waals surface area contributed by atoms with E-state index < -0.39 is 0 Å². The van der Waals surface area contributed by atoms with Gasteiger partial charge in [0.05, 0.1) is 25.3 Å². The van der Waals surface area contributed by atoms with E-state index in [9.17, 15) is 4.79 Å². The second-order valence-electron chi connectivity index (χ2n) is 6.67. The van der Waals surface area contributed by atoms with E-state index in [1.54, 1.807) is 0 Å². The van der Waals surface area contributed by atoms with Crippen LogP contribution in [0.15, 0.2) is 42.0 Å². The molecule has 2 bridgehead atoms. The van der Waals surface area contributed by atoms with Gasteiger partial charge < -0.3 is 9.47 Å². The summed E-state index contributed by atoms with van der Waals surface area (Å²) in [5.41, 5.74) is 2.50. The fourth-order valence-corrected chi connectivity index (χ4v) is 3.82. The van der Waals surface area contributed by atoms with Crippen LogP contribution < -0.4 is 0 Å². The lowest BCUT2D eigenvalue weighted by Crippen LogP contribution is -2.56. The molecule has 4 heteroatoms. The van der Waals surface area contributed by atoms with E-state index in [1.807, 2.05) is 35.2 Å². The number of fused-ring (bicyclic) bond motifs is 2. The van der Waals surface area contributed by atoms with Crippen LogP contribution in [0.25, 0.3) is 0 Å². The zero-order chi connectivity index (χ0) is 16.9. The maximum absolute atomic E-state index is 12.6. The normalized spacial score (nSPS) is 23.1. The predicted octanol–water partition coefficient (Wildman–Crippen LogP) is 4.16. The molecule has 1 aromatic rings. The Labute approximate surface area is 144 Å². The number of nitrogens with zero attached hydrogens (tertiary/aromatic N) is 1. The third kappa shape index (κ3) is 3.64. The van der Waals surface area contributed by atoms with Crippen LogP contribution in [0.3, 0.4) is 0 Å². The zero-order valence-electron chi connectivity index (χ0n) is 14.6. The lowest BCUT2D eigenvalue weighted by atomic mass is 9.84. The minimum absolute atomic E-state index is 0.0105. The SMILES string of the molecule is CCC(CC)C1=CC2COCC(C1)N2C(=O)OCc1ccccc1. The number of ether oxygens (including phenoxy) is 2. The van der Waals surface area contributed by atoms with Crippen LogP contribution in [0, 0.1) is 5.92 Å². The van der Waals surface area contributed by atoms with Gasteiger partial charge in [-0.05, 0) is 30.7 Å². The number of morpholine rings is 1. The summed E-state index contributed by atoms with van der Waals surface area (Å²) in [6.45, 7) is 5.97. The van der Waals surface area contributed by atoms with E-state index in [2.05, 4.69) is 19.9 Å². The molecule has 1 amide bonds. The van der Waals surface area contributed by atoms with Gasteiger partial charge in [0.25, 0.3) is 0 Å². The molecule has 130 valence electrons.